The molecule has 0 radical (unpaired) electrons. The van der Waals surface area contributed by atoms with Gasteiger partial charge in [0.25, 0.3) is 0 Å². The number of alkyl halides is 7. The molecule has 5 nitrogen and oxygen atoms in total. The zero-order valence-corrected chi connectivity index (χ0v) is 15.3. The molecule has 0 fully saturated rings. The molecule has 0 saturated heterocycles. The molecule has 2 unspecified atom stereocenters. The molecule has 0 spiro atoms. The SMILES string of the molecule is C[C@H]1C(C(F)(F)F)=CC(Cl)=C(n2nc(C#N)c([S+]([O-])C(F)(F)F)c2N)C1Cl. The lowest BCUT2D eigenvalue weighted by Crippen LogP contribution is -2.31. The molecule has 1 heterocycles. The fourth-order valence-corrected chi connectivity index (χ4v) is 3.88. The van der Waals surface area contributed by atoms with Gasteiger partial charge in [0.1, 0.15) is 17.2 Å². The van der Waals surface area contributed by atoms with Crippen LogP contribution in [0.25, 0.3) is 5.70 Å². The average molecular weight is 453 g/mol. The summed E-state index contributed by atoms with van der Waals surface area (Å²) >= 11 is 8.18. The summed E-state index contributed by atoms with van der Waals surface area (Å²) in [5.74, 6) is -2.22. The summed E-state index contributed by atoms with van der Waals surface area (Å²) in [6, 6.07) is 1.31. The second-order valence-corrected chi connectivity index (χ2v) is 7.61. The van der Waals surface area contributed by atoms with Crippen molar-refractivity contribution in [3.8, 4) is 6.07 Å². The number of hydrogen-bond acceptors (Lipinski definition) is 4. The Kier molecular flexibility index (Phi) is 5.74. The molecule has 0 amide bonds. The second-order valence-electron chi connectivity index (χ2n) is 5.32. The number of rotatable bonds is 2. The van der Waals surface area contributed by atoms with Crippen LogP contribution in [0, 0.1) is 17.2 Å². The highest BCUT2D eigenvalue weighted by atomic mass is 35.5. The van der Waals surface area contributed by atoms with Crippen LogP contribution in [0.2, 0.25) is 0 Å². The van der Waals surface area contributed by atoms with Crippen LogP contribution in [0.3, 0.4) is 0 Å². The molecule has 0 saturated carbocycles. The van der Waals surface area contributed by atoms with Crippen LogP contribution in [-0.2, 0) is 11.2 Å². The Morgan fingerprint density at radius 1 is 1.33 bits per heavy atom. The Hall–Kier alpha value is -1.55. The number of nitrogens with zero attached hydrogens (tertiary/aromatic N) is 3. The third-order valence-corrected chi connectivity index (χ3v) is 5.73. The average Bonchev–Trinajstić information content (AvgIpc) is 2.85. The summed E-state index contributed by atoms with van der Waals surface area (Å²) in [4.78, 5) is -1.12. The molecule has 0 bridgehead atoms. The highest BCUT2D eigenvalue weighted by Crippen LogP contribution is 2.45. The second kappa shape index (κ2) is 7.12. The molecule has 27 heavy (non-hydrogen) atoms. The Morgan fingerprint density at radius 2 is 1.89 bits per heavy atom. The number of allylic oxidation sites excluding steroid dienone is 4. The van der Waals surface area contributed by atoms with Gasteiger partial charge in [-0.3, -0.25) is 0 Å². The number of halogens is 8. The first-order valence-electron chi connectivity index (χ1n) is 6.81. The van der Waals surface area contributed by atoms with Gasteiger partial charge in [-0.05, 0) is 6.08 Å². The van der Waals surface area contributed by atoms with Crippen molar-refractivity contribution in [1.29, 1.82) is 5.26 Å². The maximum absolute atomic E-state index is 13.0. The number of nitrogens with two attached hydrogens (primary N) is 1. The van der Waals surface area contributed by atoms with E-state index in [1.54, 1.807) is 0 Å². The lowest BCUT2D eigenvalue weighted by Gasteiger charge is -2.29. The van der Waals surface area contributed by atoms with Crippen LogP contribution >= 0.6 is 23.2 Å². The van der Waals surface area contributed by atoms with Crippen molar-refractivity contribution < 1.29 is 30.9 Å². The van der Waals surface area contributed by atoms with Gasteiger partial charge in [0.05, 0.1) is 16.1 Å². The number of anilines is 1. The van der Waals surface area contributed by atoms with Crippen molar-refractivity contribution in [2.45, 2.75) is 28.9 Å². The van der Waals surface area contributed by atoms with E-state index in [1.807, 2.05) is 0 Å². The Bertz CT molecular complexity index is 870. The highest BCUT2D eigenvalue weighted by molar-refractivity contribution is 7.92. The number of nitriles is 1. The molecule has 0 aliphatic heterocycles. The molecule has 3 atom stereocenters. The van der Waals surface area contributed by atoms with E-state index < -0.39 is 61.2 Å². The largest absolute Gasteiger partial charge is 0.604 e. The number of nitrogen functional groups attached to an aromatic ring is 1. The molecule has 1 aromatic heterocycles. The van der Waals surface area contributed by atoms with Crippen molar-refractivity contribution in [3.05, 3.63) is 22.4 Å². The van der Waals surface area contributed by atoms with Crippen molar-refractivity contribution >= 4 is 45.9 Å². The van der Waals surface area contributed by atoms with Crippen LogP contribution < -0.4 is 5.73 Å². The van der Waals surface area contributed by atoms with Crippen LogP contribution in [0.1, 0.15) is 12.6 Å². The van der Waals surface area contributed by atoms with Gasteiger partial charge < -0.3 is 10.3 Å². The zero-order chi connectivity index (χ0) is 20.9. The van der Waals surface area contributed by atoms with Gasteiger partial charge in [-0.1, -0.05) is 18.5 Å². The predicted molar refractivity (Wildman–Crippen MR) is 85.8 cm³/mol. The topological polar surface area (TPSA) is 90.7 Å². The van der Waals surface area contributed by atoms with Crippen molar-refractivity contribution in [1.82, 2.24) is 9.78 Å². The maximum atomic E-state index is 13.0. The van der Waals surface area contributed by atoms with Crippen LogP contribution in [0.5, 0.6) is 0 Å². The Labute approximate surface area is 161 Å². The summed E-state index contributed by atoms with van der Waals surface area (Å²) in [5.41, 5.74) is -2.01. The van der Waals surface area contributed by atoms with Crippen molar-refractivity contribution in [2.24, 2.45) is 5.92 Å². The Balaban J connectivity index is 2.71. The van der Waals surface area contributed by atoms with E-state index in [2.05, 4.69) is 5.10 Å². The smallest absolute Gasteiger partial charge is 0.578 e. The van der Waals surface area contributed by atoms with E-state index in [1.165, 1.54) is 6.07 Å². The molecular formula is C13H8Cl2F6N4OS. The first-order chi connectivity index (χ1) is 12.2. The van der Waals surface area contributed by atoms with Gasteiger partial charge in [-0.15, -0.1) is 29.9 Å². The van der Waals surface area contributed by atoms with E-state index in [0.717, 1.165) is 6.92 Å². The molecular weight excluding hydrogens is 445 g/mol. The number of hydrogen-bond donors (Lipinski definition) is 1. The molecule has 148 valence electrons. The molecule has 14 heteroatoms. The quantitative estimate of drug-likeness (QED) is 0.415. The molecule has 1 aliphatic carbocycles. The molecule has 1 aliphatic rings. The summed E-state index contributed by atoms with van der Waals surface area (Å²) in [6.07, 6.45) is -4.19. The van der Waals surface area contributed by atoms with Gasteiger partial charge in [-0.2, -0.15) is 18.4 Å². The summed E-state index contributed by atoms with van der Waals surface area (Å²) in [6.45, 7) is 1.12. The Morgan fingerprint density at radius 3 is 2.33 bits per heavy atom. The van der Waals surface area contributed by atoms with Crippen molar-refractivity contribution in [2.75, 3.05) is 5.73 Å². The molecule has 1 aromatic rings. The highest BCUT2D eigenvalue weighted by Gasteiger charge is 2.51. The van der Waals surface area contributed by atoms with Gasteiger partial charge in [-0.25, -0.2) is 4.68 Å². The summed E-state index contributed by atoms with van der Waals surface area (Å²) < 4.78 is 89.6. The zero-order valence-electron chi connectivity index (χ0n) is 13.0. The van der Waals surface area contributed by atoms with E-state index >= 15 is 0 Å². The standard InChI is InChI=1S/C13H8Cl2F6N4OS/c1-4-5(12(16,17)18)2-6(14)9(8(4)15)25-11(23)10(7(3-22)24-25)27(26)13(19,20)21/h2,4,8H,23H2,1H3/t4-,8?,27?/m0/s1. The monoisotopic (exact) mass is 452 g/mol. The van der Waals surface area contributed by atoms with Crippen LogP contribution in [0.15, 0.2) is 21.6 Å². The third kappa shape index (κ3) is 3.87. The molecule has 0 aromatic carbocycles. The van der Waals surface area contributed by atoms with E-state index in [-0.39, 0.29) is 5.70 Å². The maximum Gasteiger partial charge on any atom is 0.578 e. The lowest BCUT2D eigenvalue weighted by atomic mass is 9.90. The van der Waals surface area contributed by atoms with Crippen molar-refractivity contribution in [3.63, 3.8) is 0 Å². The fourth-order valence-electron chi connectivity index (χ4n) is 2.40. The van der Waals surface area contributed by atoms with E-state index in [9.17, 15) is 30.9 Å². The van der Waals surface area contributed by atoms with Gasteiger partial charge in [0, 0.05) is 11.5 Å². The normalized spacial score (nSPS) is 22.5. The fraction of sp³-hybridized carbons (Fsp3) is 0.385. The number of aromatic nitrogens is 2. The first kappa shape index (κ1) is 21.7. The van der Waals surface area contributed by atoms with Crippen LogP contribution in [0.4, 0.5) is 32.2 Å². The minimum atomic E-state index is -5.24. The molecule has 2 N–H and O–H groups in total. The van der Waals surface area contributed by atoms with Gasteiger partial charge >= 0.3 is 11.7 Å². The first-order valence-corrected chi connectivity index (χ1v) is 8.78. The third-order valence-electron chi connectivity index (χ3n) is 3.65. The minimum absolute atomic E-state index is 0.363. The van der Waals surface area contributed by atoms with E-state index in [0.29, 0.717) is 10.8 Å². The van der Waals surface area contributed by atoms with Crippen LogP contribution in [-0.4, -0.2) is 31.4 Å². The summed E-state index contributed by atoms with van der Waals surface area (Å²) in [7, 11) is 0. The van der Waals surface area contributed by atoms with E-state index in [4.69, 9.17) is 34.2 Å². The lowest BCUT2D eigenvalue weighted by molar-refractivity contribution is -0.0982. The minimum Gasteiger partial charge on any atom is -0.604 e. The predicted octanol–water partition coefficient (Wildman–Crippen LogP) is 4.12. The van der Waals surface area contributed by atoms with Gasteiger partial charge in [0.2, 0.25) is 10.6 Å². The van der Waals surface area contributed by atoms with Gasteiger partial charge in [0.15, 0.2) is 5.82 Å². The molecule has 2 rings (SSSR count). The summed E-state index contributed by atoms with van der Waals surface area (Å²) in [5, 5.41) is 10.4.